The average molecular weight is 362 g/mol. The van der Waals surface area contributed by atoms with Gasteiger partial charge >= 0.3 is 12.1 Å². The van der Waals surface area contributed by atoms with Crippen LogP contribution in [0.2, 0.25) is 0 Å². The Bertz CT molecular complexity index is 881. The van der Waals surface area contributed by atoms with Crippen LogP contribution in [-0.2, 0) is 11.0 Å². The van der Waals surface area contributed by atoms with E-state index in [1.54, 1.807) is 18.2 Å². The average Bonchev–Trinajstić information content (AvgIpc) is 3.05. The highest BCUT2D eigenvalue weighted by atomic mass is 19.4. The number of carboxylic acid groups (broad SMARTS) is 1. The molecule has 7 heteroatoms. The van der Waals surface area contributed by atoms with E-state index in [2.05, 4.69) is 0 Å². The molecule has 2 aromatic carbocycles. The number of ether oxygens (including phenoxy) is 2. The smallest absolute Gasteiger partial charge is 0.416 e. The molecule has 1 heterocycles. The van der Waals surface area contributed by atoms with Crippen molar-refractivity contribution in [2.24, 2.45) is 0 Å². The topological polar surface area (TPSA) is 55.8 Å². The lowest BCUT2D eigenvalue weighted by Gasteiger charge is -2.11. The molecule has 26 heavy (non-hydrogen) atoms. The maximum Gasteiger partial charge on any atom is 0.416 e. The van der Waals surface area contributed by atoms with E-state index in [4.69, 9.17) is 14.6 Å². The Hall–Kier alpha value is -3.22. The third-order valence-electron chi connectivity index (χ3n) is 3.71. The van der Waals surface area contributed by atoms with Crippen LogP contribution in [0.3, 0.4) is 0 Å². The van der Waals surface area contributed by atoms with Crippen LogP contribution in [0.4, 0.5) is 13.2 Å². The molecule has 1 aliphatic rings. The molecule has 0 atom stereocenters. The highest BCUT2D eigenvalue weighted by molar-refractivity contribution is 5.84. The molecule has 3 rings (SSSR count). The van der Waals surface area contributed by atoms with Crippen LogP contribution >= 0.6 is 0 Å². The number of halogens is 3. The SMILES string of the molecule is O=C(O)C=CC=C(c1ccc(C(F)(F)F)cc1)c1ccc2c(c1)OCO2. The summed E-state index contributed by atoms with van der Waals surface area (Å²) in [6.07, 6.45) is -0.643. The minimum absolute atomic E-state index is 0.0943. The summed E-state index contributed by atoms with van der Waals surface area (Å²) in [5, 5.41) is 8.74. The second kappa shape index (κ2) is 6.95. The van der Waals surface area contributed by atoms with E-state index in [1.165, 1.54) is 24.3 Å². The molecule has 0 radical (unpaired) electrons. The van der Waals surface area contributed by atoms with E-state index >= 15 is 0 Å². The Balaban J connectivity index is 2.02. The number of fused-ring (bicyclic) bond motifs is 1. The maximum absolute atomic E-state index is 12.8. The lowest BCUT2D eigenvalue weighted by atomic mass is 9.96. The number of benzene rings is 2. The van der Waals surface area contributed by atoms with Crippen LogP contribution in [0.1, 0.15) is 16.7 Å². The molecular formula is C19H13F3O4. The van der Waals surface area contributed by atoms with Crippen molar-refractivity contribution in [2.45, 2.75) is 6.18 Å². The van der Waals surface area contributed by atoms with Gasteiger partial charge in [-0.05, 0) is 41.0 Å². The molecule has 0 saturated carbocycles. The van der Waals surface area contributed by atoms with Gasteiger partial charge in [-0.3, -0.25) is 0 Å². The van der Waals surface area contributed by atoms with E-state index in [9.17, 15) is 18.0 Å². The molecule has 0 amide bonds. The van der Waals surface area contributed by atoms with Crippen LogP contribution < -0.4 is 9.47 Å². The fourth-order valence-electron chi connectivity index (χ4n) is 2.49. The summed E-state index contributed by atoms with van der Waals surface area (Å²) in [7, 11) is 0. The molecule has 0 fully saturated rings. The van der Waals surface area contributed by atoms with Gasteiger partial charge in [-0.1, -0.05) is 30.4 Å². The number of aliphatic carboxylic acids is 1. The van der Waals surface area contributed by atoms with Crippen molar-refractivity contribution in [3.05, 3.63) is 77.4 Å². The van der Waals surface area contributed by atoms with Gasteiger partial charge in [0.05, 0.1) is 5.56 Å². The fraction of sp³-hybridized carbons (Fsp3) is 0.105. The number of carbonyl (C=O) groups is 1. The molecule has 1 N–H and O–H groups in total. The van der Waals surface area contributed by atoms with Gasteiger partial charge in [0.15, 0.2) is 11.5 Å². The highest BCUT2D eigenvalue weighted by Gasteiger charge is 2.30. The van der Waals surface area contributed by atoms with Crippen molar-refractivity contribution in [3.63, 3.8) is 0 Å². The second-order valence-corrected chi connectivity index (χ2v) is 5.42. The summed E-state index contributed by atoms with van der Waals surface area (Å²) in [4.78, 5) is 10.7. The fourth-order valence-corrected chi connectivity index (χ4v) is 2.49. The molecule has 4 nitrogen and oxygen atoms in total. The second-order valence-electron chi connectivity index (χ2n) is 5.42. The monoisotopic (exact) mass is 362 g/mol. The van der Waals surface area contributed by atoms with Crippen molar-refractivity contribution in [2.75, 3.05) is 6.79 Å². The lowest BCUT2D eigenvalue weighted by molar-refractivity contribution is -0.137. The van der Waals surface area contributed by atoms with Gasteiger partial charge < -0.3 is 14.6 Å². The summed E-state index contributed by atoms with van der Waals surface area (Å²) in [6.45, 7) is 0.0943. The first-order valence-corrected chi connectivity index (χ1v) is 7.53. The van der Waals surface area contributed by atoms with Gasteiger partial charge in [-0.15, -0.1) is 0 Å². The number of carboxylic acids is 1. The quantitative estimate of drug-likeness (QED) is 0.642. The van der Waals surface area contributed by atoms with Crippen molar-refractivity contribution in [1.82, 2.24) is 0 Å². The standard InChI is InChI=1S/C19H13F3O4/c20-19(21,22)14-7-4-12(5-8-14)15(2-1-3-18(23)24)13-6-9-16-17(10-13)26-11-25-16/h1-10H,11H2,(H,23,24). The Morgan fingerprint density at radius 2 is 1.65 bits per heavy atom. The van der Waals surface area contributed by atoms with Gasteiger partial charge in [0.25, 0.3) is 0 Å². The van der Waals surface area contributed by atoms with E-state index < -0.39 is 17.7 Å². The molecule has 0 spiro atoms. The zero-order chi connectivity index (χ0) is 18.7. The van der Waals surface area contributed by atoms with E-state index in [-0.39, 0.29) is 6.79 Å². The number of alkyl halides is 3. The van der Waals surface area contributed by atoms with E-state index in [0.29, 0.717) is 28.2 Å². The summed E-state index contributed by atoms with van der Waals surface area (Å²) in [5.41, 5.74) is 0.956. The van der Waals surface area contributed by atoms with Crippen molar-refractivity contribution >= 4 is 11.5 Å². The number of allylic oxidation sites excluding steroid dienone is 2. The van der Waals surface area contributed by atoms with Gasteiger partial charge in [0.1, 0.15) is 0 Å². The number of hydrogen-bond donors (Lipinski definition) is 1. The van der Waals surface area contributed by atoms with Crippen molar-refractivity contribution in [1.29, 1.82) is 0 Å². The largest absolute Gasteiger partial charge is 0.478 e. The van der Waals surface area contributed by atoms with Crippen LogP contribution in [-0.4, -0.2) is 17.9 Å². The number of rotatable bonds is 4. The van der Waals surface area contributed by atoms with Crippen LogP contribution in [0, 0.1) is 0 Å². The molecule has 0 aromatic heterocycles. The molecule has 2 aromatic rings. The van der Waals surface area contributed by atoms with Crippen LogP contribution in [0.5, 0.6) is 11.5 Å². The molecular weight excluding hydrogens is 349 g/mol. The predicted octanol–water partition coefficient (Wildman–Crippen LogP) is 4.51. The minimum atomic E-state index is -4.43. The van der Waals surface area contributed by atoms with Crippen LogP contribution in [0.15, 0.2) is 60.7 Å². The highest BCUT2D eigenvalue weighted by Crippen LogP contribution is 2.37. The summed E-state index contributed by atoms with van der Waals surface area (Å²) >= 11 is 0. The molecule has 134 valence electrons. The minimum Gasteiger partial charge on any atom is -0.478 e. The van der Waals surface area contributed by atoms with Crippen LogP contribution in [0.25, 0.3) is 5.57 Å². The summed E-state index contributed by atoms with van der Waals surface area (Å²) < 4.78 is 48.9. The Morgan fingerprint density at radius 3 is 2.31 bits per heavy atom. The van der Waals surface area contributed by atoms with Crippen molar-refractivity contribution < 1.29 is 32.5 Å². The summed E-state index contributed by atoms with van der Waals surface area (Å²) in [6, 6.07) is 9.76. The van der Waals surface area contributed by atoms with Gasteiger partial charge in [0, 0.05) is 6.08 Å². The normalized spacial score (nSPS) is 14.0. The zero-order valence-corrected chi connectivity index (χ0v) is 13.3. The Morgan fingerprint density at radius 1 is 1.00 bits per heavy atom. The summed E-state index contributed by atoms with van der Waals surface area (Å²) in [5.74, 6) is -0.0390. The van der Waals surface area contributed by atoms with Crippen molar-refractivity contribution in [3.8, 4) is 11.5 Å². The predicted molar refractivity (Wildman–Crippen MR) is 87.9 cm³/mol. The first-order chi connectivity index (χ1) is 12.3. The lowest BCUT2D eigenvalue weighted by Crippen LogP contribution is -2.04. The van der Waals surface area contributed by atoms with Gasteiger partial charge in [-0.2, -0.15) is 13.2 Å². The molecule has 0 saturated heterocycles. The third-order valence-corrected chi connectivity index (χ3v) is 3.71. The first-order valence-electron chi connectivity index (χ1n) is 7.53. The van der Waals surface area contributed by atoms with Gasteiger partial charge in [-0.25, -0.2) is 4.79 Å². The maximum atomic E-state index is 12.8. The Kier molecular flexibility index (Phi) is 4.71. The first kappa shape index (κ1) is 17.6. The zero-order valence-electron chi connectivity index (χ0n) is 13.3. The molecule has 0 aliphatic carbocycles. The van der Waals surface area contributed by atoms with E-state index in [0.717, 1.165) is 18.2 Å². The van der Waals surface area contributed by atoms with E-state index in [1.807, 2.05) is 0 Å². The molecule has 1 aliphatic heterocycles. The molecule has 0 bridgehead atoms. The molecule has 0 unspecified atom stereocenters. The van der Waals surface area contributed by atoms with Gasteiger partial charge in [0.2, 0.25) is 6.79 Å². The Labute approximate surface area is 146 Å². The third kappa shape index (κ3) is 3.88. The number of hydrogen-bond acceptors (Lipinski definition) is 3.